The van der Waals surface area contributed by atoms with Crippen molar-refractivity contribution in [2.75, 3.05) is 18.0 Å². The first-order chi connectivity index (χ1) is 8.42. The molecule has 0 aliphatic rings. The van der Waals surface area contributed by atoms with E-state index in [1.54, 1.807) is 6.20 Å². The summed E-state index contributed by atoms with van der Waals surface area (Å²) in [6, 6.07) is 14.0. The molecule has 0 spiro atoms. The fraction of sp³-hybridized carbons (Fsp3) is 0.231. The Kier molecular flexibility index (Phi) is 4.05. The highest BCUT2D eigenvalue weighted by Gasteiger charge is 2.09. The molecule has 0 unspecified atom stereocenters. The molecule has 1 aromatic heterocycles. The van der Waals surface area contributed by atoms with Gasteiger partial charge >= 0.3 is 0 Å². The van der Waals surface area contributed by atoms with E-state index in [2.05, 4.69) is 27.2 Å². The summed E-state index contributed by atoms with van der Waals surface area (Å²) in [5, 5.41) is 8.06. The lowest BCUT2D eigenvalue weighted by Gasteiger charge is -2.22. The quantitative estimate of drug-likeness (QED) is 0.850. The third-order valence-corrected chi connectivity index (χ3v) is 2.49. The van der Waals surface area contributed by atoms with Gasteiger partial charge in [-0.05, 0) is 37.2 Å². The minimum Gasteiger partial charge on any atom is -0.330 e. The predicted octanol–water partition coefficient (Wildman–Crippen LogP) is 1.96. The molecule has 0 fully saturated rings. The highest BCUT2D eigenvalue weighted by Crippen LogP contribution is 2.22. The van der Waals surface area contributed by atoms with Gasteiger partial charge in [0.15, 0.2) is 5.82 Å². The molecule has 1 aromatic carbocycles. The first-order valence-corrected chi connectivity index (χ1v) is 5.72. The number of para-hydroxylation sites is 1. The third kappa shape index (κ3) is 3.01. The van der Waals surface area contributed by atoms with Crippen LogP contribution in [0.2, 0.25) is 0 Å². The van der Waals surface area contributed by atoms with Crippen LogP contribution in [0.3, 0.4) is 0 Å². The molecule has 2 rings (SSSR count). The van der Waals surface area contributed by atoms with Crippen molar-refractivity contribution in [1.29, 1.82) is 0 Å². The van der Waals surface area contributed by atoms with Crippen molar-refractivity contribution in [3.8, 4) is 0 Å². The molecule has 0 aliphatic carbocycles. The summed E-state index contributed by atoms with van der Waals surface area (Å²) in [6.45, 7) is 1.52. The van der Waals surface area contributed by atoms with E-state index < -0.39 is 0 Å². The summed E-state index contributed by atoms with van der Waals surface area (Å²) < 4.78 is 0. The molecule has 2 aromatic rings. The van der Waals surface area contributed by atoms with Crippen molar-refractivity contribution in [3.63, 3.8) is 0 Å². The molecule has 1 heterocycles. The van der Waals surface area contributed by atoms with Gasteiger partial charge in [-0.1, -0.05) is 18.2 Å². The van der Waals surface area contributed by atoms with Crippen LogP contribution < -0.4 is 10.6 Å². The molecule has 4 heteroatoms. The van der Waals surface area contributed by atoms with Gasteiger partial charge in [0.2, 0.25) is 0 Å². The van der Waals surface area contributed by atoms with Gasteiger partial charge in [0.25, 0.3) is 0 Å². The van der Waals surface area contributed by atoms with E-state index in [4.69, 9.17) is 5.73 Å². The number of nitrogens with zero attached hydrogens (tertiary/aromatic N) is 3. The van der Waals surface area contributed by atoms with Gasteiger partial charge < -0.3 is 10.6 Å². The lowest BCUT2D eigenvalue weighted by Crippen LogP contribution is -2.22. The number of benzene rings is 1. The van der Waals surface area contributed by atoms with Crippen LogP contribution in [0.25, 0.3) is 0 Å². The standard InChI is InChI=1S/C13H16N4/c14-9-5-11-17(12-6-2-1-3-7-12)13-8-4-10-15-16-13/h1-4,6-8,10H,5,9,11,14H2. The van der Waals surface area contributed by atoms with E-state index in [-0.39, 0.29) is 0 Å². The van der Waals surface area contributed by atoms with Crippen molar-refractivity contribution in [2.24, 2.45) is 5.73 Å². The first-order valence-electron chi connectivity index (χ1n) is 5.72. The van der Waals surface area contributed by atoms with Crippen LogP contribution in [0.4, 0.5) is 11.5 Å². The molecule has 0 saturated carbocycles. The second kappa shape index (κ2) is 5.96. The maximum Gasteiger partial charge on any atom is 0.155 e. The molecule has 0 bridgehead atoms. The Morgan fingerprint density at radius 3 is 2.53 bits per heavy atom. The molecular formula is C13H16N4. The van der Waals surface area contributed by atoms with Gasteiger partial charge in [0.1, 0.15) is 0 Å². The fourth-order valence-corrected chi connectivity index (χ4v) is 1.67. The Morgan fingerprint density at radius 1 is 1.06 bits per heavy atom. The zero-order chi connectivity index (χ0) is 11.9. The summed E-state index contributed by atoms with van der Waals surface area (Å²) in [5.74, 6) is 0.854. The van der Waals surface area contributed by atoms with E-state index in [1.807, 2.05) is 30.3 Å². The SMILES string of the molecule is NCCCN(c1ccccc1)c1cccnn1. The Hall–Kier alpha value is -1.94. The highest BCUT2D eigenvalue weighted by atomic mass is 15.3. The monoisotopic (exact) mass is 228 g/mol. The summed E-state index contributed by atoms with van der Waals surface area (Å²) in [4.78, 5) is 2.12. The smallest absolute Gasteiger partial charge is 0.155 e. The third-order valence-electron chi connectivity index (χ3n) is 2.49. The molecule has 4 nitrogen and oxygen atoms in total. The van der Waals surface area contributed by atoms with Gasteiger partial charge in [0.05, 0.1) is 0 Å². The zero-order valence-electron chi connectivity index (χ0n) is 9.66. The zero-order valence-corrected chi connectivity index (χ0v) is 9.66. The summed E-state index contributed by atoms with van der Waals surface area (Å²) in [6.07, 6.45) is 2.60. The van der Waals surface area contributed by atoms with Crippen LogP contribution in [0.5, 0.6) is 0 Å². The van der Waals surface area contributed by atoms with E-state index in [9.17, 15) is 0 Å². The van der Waals surface area contributed by atoms with E-state index in [0.29, 0.717) is 6.54 Å². The molecule has 88 valence electrons. The summed E-state index contributed by atoms with van der Waals surface area (Å²) in [5.41, 5.74) is 6.68. The normalized spacial score (nSPS) is 10.2. The summed E-state index contributed by atoms with van der Waals surface area (Å²) in [7, 11) is 0. The maximum absolute atomic E-state index is 5.57. The molecule has 17 heavy (non-hydrogen) atoms. The lowest BCUT2D eigenvalue weighted by atomic mass is 10.2. The average molecular weight is 228 g/mol. The molecule has 0 saturated heterocycles. The second-order valence-corrected chi connectivity index (χ2v) is 3.71. The number of hydrogen-bond acceptors (Lipinski definition) is 4. The van der Waals surface area contributed by atoms with Gasteiger partial charge in [-0.2, -0.15) is 5.10 Å². The van der Waals surface area contributed by atoms with Gasteiger partial charge in [0, 0.05) is 18.4 Å². The first kappa shape index (κ1) is 11.5. The number of rotatable bonds is 5. The van der Waals surface area contributed by atoms with Gasteiger partial charge in [-0.3, -0.25) is 0 Å². The number of nitrogens with two attached hydrogens (primary N) is 1. The Bertz CT molecular complexity index is 390. The van der Waals surface area contributed by atoms with E-state index >= 15 is 0 Å². The average Bonchev–Trinajstić information content (AvgIpc) is 2.42. The minimum atomic E-state index is 0.670. The Morgan fingerprint density at radius 2 is 1.88 bits per heavy atom. The van der Waals surface area contributed by atoms with Crippen LogP contribution in [-0.2, 0) is 0 Å². The lowest BCUT2D eigenvalue weighted by molar-refractivity contribution is 0.801. The number of aromatic nitrogens is 2. The van der Waals surface area contributed by atoms with Crippen LogP contribution in [0, 0.1) is 0 Å². The predicted molar refractivity (Wildman–Crippen MR) is 69.2 cm³/mol. The van der Waals surface area contributed by atoms with Crippen LogP contribution in [0.1, 0.15) is 6.42 Å². The van der Waals surface area contributed by atoms with Crippen LogP contribution in [-0.4, -0.2) is 23.3 Å². The molecular weight excluding hydrogens is 212 g/mol. The van der Waals surface area contributed by atoms with Crippen molar-refractivity contribution in [2.45, 2.75) is 6.42 Å². The molecule has 0 atom stereocenters. The van der Waals surface area contributed by atoms with E-state index in [1.165, 1.54) is 0 Å². The van der Waals surface area contributed by atoms with E-state index in [0.717, 1.165) is 24.5 Å². The summed E-state index contributed by atoms with van der Waals surface area (Å²) >= 11 is 0. The topological polar surface area (TPSA) is 55.0 Å². The number of hydrogen-bond donors (Lipinski definition) is 1. The van der Waals surface area contributed by atoms with Crippen molar-refractivity contribution >= 4 is 11.5 Å². The Labute approximate surface area is 101 Å². The van der Waals surface area contributed by atoms with Gasteiger partial charge in [-0.25, -0.2) is 0 Å². The van der Waals surface area contributed by atoms with Crippen molar-refractivity contribution < 1.29 is 0 Å². The molecule has 0 amide bonds. The highest BCUT2D eigenvalue weighted by molar-refractivity contribution is 5.58. The second-order valence-electron chi connectivity index (χ2n) is 3.71. The number of anilines is 2. The molecule has 2 N–H and O–H groups in total. The maximum atomic E-state index is 5.57. The van der Waals surface area contributed by atoms with Crippen LogP contribution in [0.15, 0.2) is 48.7 Å². The molecule has 0 radical (unpaired) electrons. The largest absolute Gasteiger partial charge is 0.330 e. The Balaban J connectivity index is 2.26. The van der Waals surface area contributed by atoms with Crippen molar-refractivity contribution in [3.05, 3.63) is 48.7 Å². The molecule has 0 aliphatic heterocycles. The van der Waals surface area contributed by atoms with Crippen molar-refractivity contribution in [1.82, 2.24) is 10.2 Å². The fourth-order valence-electron chi connectivity index (χ4n) is 1.67. The van der Waals surface area contributed by atoms with Gasteiger partial charge in [-0.15, -0.1) is 5.10 Å². The minimum absolute atomic E-state index is 0.670. The van der Waals surface area contributed by atoms with Crippen LogP contribution >= 0.6 is 0 Å².